The van der Waals surface area contributed by atoms with Gasteiger partial charge in [0, 0.05) is 18.2 Å². The number of ether oxygens (including phenoxy) is 2. The van der Waals surface area contributed by atoms with E-state index in [1.165, 1.54) is 20.4 Å². The van der Waals surface area contributed by atoms with Crippen molar-refractivity contribution in [2.75, 3.05) is 14.2 Å². The minimum atomic E-state index is -3.92. The first-order valence-electron chi connectivity index (χ1n) is 8.58. The molecule has 0 atom stereocenters. The molecule has 0 spiro atoms. The Labute approximate surface area is 164 Å². The molecule has 0 aromatic heterocycles. The lowest BCUT2D eigenvalue weighted by molar-refractivity contribution is 0.281. The molecule has 0 amide bonds. The van der Waals surface area contributed by atoms with Crippen molar-refractivity contribution < 1.29 is 23.0 Å². The molecule has 2 aromatic rings. The molecule has 9 heteroatoms. The van der Waals surface area contributed by atoms with E-state index in [0.29, 0.717) is 23.6 Å². The van der Waals surface area contributed by atoms with Gasteiger partial charge in [-0.3, -0.25) is 4.31 Å². The number of nitrogens with zero attached hydrogens (tertiary/aromatic N) is 2. The summed E-state index contributed by atoms with van der Waals surface area (Å²) in [7, 11) is -0.894. The Balaban J connectivity index is 1.81. The van der Waals surface area contributed by atoms with Gasteiger partial charge in [-0.15, -0.1) is 0 Å². The SMILES string of the molecule is COc1ccc(CN2C(O)=CN(Cc3ccc(CN)cc3)S2(=O)=O)c(OC)c1. The molecule has 0 radical (unpaired) electrons. The highest BCUT2D eigenvalue weighted by Crippen LogP contribution is 2.31. The van der Waals surface area contributed by atoms with Gasteiger partial charge in [0.2, 0.25) is 5.88 Å². The van der Waals surface area contributed by atoms with Crippen LogP contribution in [0.2, 0.25) is 0 Å². The number of hydrogen-bond acceptors (Lipinski definition) is 6. The van der Waals surface area contributed by atoms with Crippen LogP contribution < -0.4 is 15.2 Å². The predicted molar refractivity (Wildman–Crippen MR) is 105 cm³/mol. The van der Waals surface area contributed by atoms with Gasteiger partial charge in [-0.2, -0.15) is 8.42 Å². The molecule has 2 aromatic carbocycles. The lowest BCUT2D eigenvalue weighted by atomic mass is 10.1. The van der Waals surface area contributed by atoms with Crippen molar-refractivity contribution in [2.45, 2.75) is 19.6 Å². The van der Waals surface area contributed by atoms with Gasteiger partial charge in [0.25, 0.3) is 0 Å². The van der Waals surface area contributed by atoms with Crippen molar-refractivity contribution >= 4 is 10.2 Å². The Morgan fingerprint density at radius 1 is 1.00 bits per heavy atom. The Bertz CT molecular complexity index is 974. The third kappa shape index (κ3) is 3.85. The lowest BCUT2D eigenvalue weighted by Gasteiger charge is -2.22. The van der Waals surface area contributed by atoms with Gasteiger partial charge < -0.3 is 20.3 Å². The first-order valence-corrected chi connectivity index (χ1v) is 9.98. The van der Waals surface area contributed by atoms with E-state index in [1.54, 1.807) is 18.2 Å². The maximum Gasteiger partial charge on any atom is 0.329 e. The van der Waals surface area contributed by atoms with Gasteiger partial charge in [-0.05, 0) is 23.3 Å². The maximum atomic E-state index is 12.9. The van der Waals surface area contributed by atoms with Crippen LogP contribution in [0.15, 0.2) is 54.5 Å². The van der Waals surface area contributed by atoms with Gasteiger partial charge >= 0.3 is 10.2 Å². The van der Waals surface area contributed by atoms with E-state index in [-0.39, 0.29) is 19.0 Å². The molecule has 1 aliphatic heterocycles. The molecule has 1 heterocycles. The highest BCUT2D eigenvalue weighted by Gasteiger charge is 2.37. The average Bonchev–Trinajstić information content (AvgIpc) is 2.91. The summed E-state index contributed by atoms with van der Waals surface area (Å²) in [5, 5.41) is 10.3. The van der Waals surface area contributed by atoms with Gasteiger partial charge in [0.05, 0.1) is 33.5 Å². The molecule has 0 bridgehead atoms. The van der Waals surface area contributed by atoms with Crippen molar-refractivity contribution in [3.63, 3.8) is 0 Å². The standard InChI is InChI=1S/C19H23N3O5S/c1-26-17-8-7-16(18(9-17)27-2)12-22-19(23)13-21(28(22,24)25)11-15-5-3-14(10-20)4-6-15/h3-9,13,23H,10-12,20H2,1-2H3. The van der Waals surface area contributed by atoms with Gasteiger partial charge in [-0.25, -0.2) is 4.31 Å². The Kier molecular flexibility index (Phi) is 5.66. The zero-order valence-corrected chi connectivity index (χ0v) is 16.5. The van der Waals surface area contributed by atoms with E-state index in [2.05, 4.69) is 0 Å². The number of aliphatic hydroxyl groups excluding tert-OH is 1. The zero-order chi connectivity index (χ0) is 20.3. The number of methoxy groups -OCH3 is 2. The summed E-state index contributed by atoms with van der Waals surface area (Å²) in [6, 6.07) is 12.4. The highest BCUT2D eigenvalue weighted by molar-refractivity contribution is 7.87. The van der Waals surface area contributed by atoms with E-state index in [1.807, 2.05) is 24.3 Å². The first-order chi connectivity index (χ1) is 13.4. The first kappa shape index (κ1) is 19.8. The van der Waals surface area contributed by atoms with Crippen LogP contribution in [-0.2, 0) is 29.8 Å². The van der Waals surface area contributed by atoms with Crippen molar-refractivity contribution in [3.8, 4) is 11.5 Å². The number of benzene rings is 2. The monoisotopic (exact) mass is 405 g/mol. The molecule has 0 saturated carbocycles. The molecule has 1 aliphatic rings. The van der Waals surface area contributed by atoms with Crippen LogP contribution in [-0.4, -0.2) is 36.4 Å². The second-order valence-corrected chi connectivity index (χ2v) is 8.05. The summed E-state index contributed by atoms with van der Waals surface area (Å²) in [6.45, 7) is 0.453. The summed E-state index contributed by atoms with van der Waals surface area (Å²) in [5.74, 6) is 0.710. The van der Waals surface area contributed by atoms with Crippen LogP contribution in [0.4, 0.5) is 0 Å². The molecule has 0 aliphatic carbocycles. The molecule has 8 nitrogen and oxygen atoms in total. The third-order valence-corrected chi connectivity index (χ3v) is 6.20. The minimum Gasteiger partial charge on any atom is -0.497 e. The molecule has 150 valence electrons. The van der Waals surface area contributed by atoms with Crippen LogP contribution in [0.5, 0.6) is 11.5 Å². The molecular formula is C19H23N3O5S. The van der Waals surface area contributed by atoms with Crippen molar-refractivity contribution in [1.29, 1.82) is 0 Å². The molecule has 0 unspecified atom stereocenters. The number of rotatable bonds is 7. The fourth-order valence-electron chi connectivity index (χ4n) is 2.89. The Morgan fingerprint density at radius 3 is 2.29 bits per heavy atom. The molecule has 0 fully saturated rings. The average molecular weight is 405 g/mol. The summed E-state index contributed by atoms with van der Waals surface area (Å²) in [4.78, 5) is 0. The maximum absolute atomic E-state index is 12.9. The second-order valence-electron chi connectivity index (χ2n) is 6.25. The highest BCUT2D eigenvalue weighted by atomic mass is 32.2. The van der Waals surface area contributed by atoms with Crippen LogP contribution in [0.3, 0.4) is 0 Å². The molecule has 0 saturated heterocycles. The van der Waals surface area contributed by atoms with Crippen LogP contribution >= 0.6 is 0 Å². The van der Waals surface area contributed by atoms with Crippen molar-refractivity contribution in [1.82, 2.24) is 8.61 Å². The normalized spacial score (nSPS) is 15.5. The summed E-state index contributed by atoms with van der Waals surface area (Å²) in [5.41, 5.74) is 7.93. The molecule has 28 heavy (non-hydrogen) atoms. The second kappa shape index (κ2) is 7.99. The Hall–Kier alpha value is -2.91. The fourth-order valence-corrected chi connectivity index (χ4v) is 4.27. The molecule has 3 N–H and O–H groups in total. The van der Waals surface area contributed by atoms with Gasteiger partial charge in [-0.1, -0.05) is 24.3 Å². The van der Waals surface area contributed by atoms with Gasteiger partial charge in [0.15, 0.2) is 0 Å². The third-order valence-electron chi connectivity index (χ3n) is 4.50. The van der Waals surface area contributed by atoms with E-state index in [0.717, 1.165) is 19.7 Å². The van der Waals surface area contributed by atoms with E-state index < -0.39 is 10.2 Å². The predicted octanol–water partition coefficient (Wildman–Crippen LogP) is 2.08. The quantitative estimate of drug-likeness (QED) is 0.731. The minimum absolute atomic E-state index is 0.0690. The number of hydrogen-bond donors (Lipinski definition) is 2. The zero-order valence-electron chi connectivity index (χ0n) is 15.7. The molecular weight excluding hydrogens is 382 g/mol. The van der Waals surface area contributed by atoms with E-state index in [9.17, 15) is 13.5 Å². The smallest absolute Gasteiger partial charge is 0.329 e. The van der Waals surface area contributed by atoms with Crippen LogP contribution in [0.25, 0.3) is 0 Å². The Morgan fingerprint density at radius 2 is 1.68 bits per heavy atom. The summed E-state index contributed by atoms with van der Waals surface area (Å²) < 4.78 is 38.3. The van der Waals surface area contributed by atoms with Crippen molar-refractivity contribution in [2.24, 2.45) is 5.73 Å². The van der Waals surface area contributed by atoms with Crippen molar-refractivity contribution in [3.05, 3.63) is 71.2 Å². The van der Waals surface area contributed by atoms with Gasteiger partial charge in [0.1, 0.15) is 11.5 Å². The van der Waals surface area contributed by atoms with Crippen LogP contribution in [0.1, 0.15) is 16.7 Å². The number of nitrogens with two attached hydrogens (primary N) is 1. The van der Waals surface area contributed by atoms with Crippen LogP contribution in [0, 0.1) is 0 Å². The summed E-state index contributed by atoms with van der Waals surface area (Å²) in [6.07, 6.45) is 1.21. The number of aliphatic hydroxyl groups is 1. The topological polar surface area (TPSA) is 105 Å². The van der Waals surface area contributed by atoms with E-state index >= 15 is 0 Å². The summed E-state index contributed by atoms with van der Waals surface area (Å²) >= 11 is 0. The largest absolute Gasteiger partial charge is 0.497 e. The molecule has 3 rings (SSSR count). The van der Waals surface area contributed by atoms with E-state index in [4.69, 9.17) is 15.2 Å². The fraction of sp³-hybridized carbons (Fsp3) is 0.263. The lowest BCUT2D eigenvalue weighted by Crippen LogP contribution is -2.33.